The van der Waals surface area contributed by atoms with Gasteiger partial charge in [0.15, 0.2) is 5.84 Å². The van der Waals surface area contributed by atoms with Crippen LogP contribution in [0.15, 0.2) is 68.7 Å². The van der Waals surface area contributed by atoms with Crippen molar-refractivity contribution >= 4 is 55.7 Å². The topological polar surface area (TPSA) is 87.3 Å². The van der Waals surface area contributed by atoms with Gasteiger partial charge in [0.05, 0.1) is 5.57 Å². The molecule has 0 aromatic heterocycles. The number of ether oxygens (including phenoxy) is 2. The highest BCUT2D eigenvalue weighted by atomic mass is 79.9. The Kier molecular flexibility index (Phi) is 6.76. The second-order valence-electron chi connectivity index (χ2n) is 7.30. The maximum absolute atomic E-state index is 12.6. The molecular formula is C23H21BrN4O3S. The molecule has 0 aliphatic carbocycles. The third-order valence-electron chi connectivity index (χ3n) is 4.61. The molecule has 32 heavy (non-hydrogen) atoms. The van der Waals surface area contributed by atoms with E-state index in [0.717, 1.165) is 15.3 Å². The molecule has 0 bridgehead atoms. The fraction of sp³-hybridized carbons (Fsp3) is 0.217. The van der Waals surface area contributed by atoms with Crippen LogP contribution in [0.1, 0.15) is 19.4 Å². The van der Waals surface area contributed by atoms with E-state index in [9.17, 15) is 4.79 Å². The number of fused-ring (bicyclic) bond motifs is 1. The highest BCUT2D eigenvalue weighted by molar-refractivity contribution is 9.10. The van der Waals surface area contributed by atoms with Gasteiger partial charge >= 0.3 is 0 Å². The Morgan fingerprint density at radius 2 is 1.84 bits per heavy atom. The Labute approximate surface area is 198 Å². The number of nitrogens with zero attached hydrogens (tertiary/aromatic N) is 3. The van der Waals surface area contributed by atoms with Crippen LogP contribution in [-0.4, -0.2) is 40.2 Å². The third kappa shape index (κ3) is 4.94. The van der Waals surface area contributed by atoms with Gasteiger partial charge in [-0.3, -0.25) is 10.2 Å². The van der Waals surface area contributed by atoms with Crippen molar-refractivity contribution in [3.63, 3.8) is 0 Å². The lowest BCUT2D eigenvalue weighted by atomic mass is 10.1. The molecule has 2 aromatic carbocycles. The first kappa shape index (κ1) is 22.3. The summed E-state index contributed by atoms with van der Waals surface area (Å²) in [7, 11) is 0. The predicted molar refractivity (Wildman–Crippen MR) is 131 cm³/mol. The summed E-state index contributed by atoms with van der Waals surface area (Å²) in [5.41, 5.74) is 0.855. The maximum atomic E-state index is 12.6. The van der Waals surface area contributed by atoms with Gasteiger partial charge in [0.2, 0.25) is 5.17 Å². The largest absolute Gasteiger partial charge is 0.490 e. The van der Waals surface area contributed by atoms with Gasteiger partial charge in [-0.25, -0.2) is 0 Å². The van der Waals surface area contributed by atoms with E-state index < -0.39 is 5.91 Å². The standard InChI is InChI=1S/C23H21BrN4O3S/c1-14(2)22-27-28-20(25)18(21(29)26-23(28)32-22)13-15-5-3-4-6-19(15)31-12-11-30-17-9-7-16(24)8-10-17/h3-10,13-14,25H,11-12H2,1-2H3/b18-13-,25-20?. The number of hydrogen-bond donors (Lipinski definition) is 1. The van der Waals surface area contributed by atoms with Gasteiger partial charge in [-0.1, -0.05) is 48.0 Å². The van der Waals surface area contributed by atoms with Crippen molar-refractivity contribution in [2.75, 3.05) is 13.2 Å². The van der Waals surface area contributed by atoms with Crippen molar-refractivity contribution in [2.24, 2.45) is 16.0 Å². The molecule has 2 heterocycles. The number of amidine groups is 2. The maximum Gasteiger partial charge on any atom is 0.283 e. The van der Waals surface area contributed by atoms with E-state index >= 15 is 0 Å². The zero-order valence-electron chi connectivity index (χ0n) is 17.5. The first-order valence-corrected chi connectivity index (χ1v) is 11.6. The van der Waals surface area contributed by atoms with E-state index in [0.29, 0.717) is 29.7 Å². The molecule has 2 aliphatic heterocycles. The average molecular weight is 513 g/mol. The minimum absolute atomic E-state index is 0.0107. The molecule has 164 valence electrons. The fourth-order valence-corrected chi connectivity index (χ4v) is 4.13. The number of nitrogens with one attached hydrogen (secondary N) is 1. The number of para-hydroxylation sites is 1. The quantitative estimate of drug-likeness (QED) is 0.407. The second kappa shape index (κ2) is 9.70. The summed E-state index contributed by atoms with van der Waals surface area (Å²) >= 11 is 4.73. The van der Waals surface area contributed by atoms with Crippen LogP contribution in [0.5, 0.6) is 11.5 Å². The van der Waals surface area contributed by atoms with Crippen molar-refractivity contribution < 1.29 is 14.3 Å². The Morgan fingerprint density at radius 1 is 1.12 bits per heavy atom. The van der Waals surface area contributed by atoms with Crippen LogP contribution in [0.3, 0.4) is 0 Å². The molecule has 2 aromatic rings. The Morgan fingerprint density at radius 3 is 2.59 bits per heavy atom. The van der Waals surface area contributed by atoms with Crippen molar-refractivity contribution in [1.29, 1.82) is 5.41 Å². The number of hydrogen-bond acceptors (Lipinski definition) is 6. The van der Waals surface area contributed by atoms with Gasteiger partial charge in [-0.15, -0.1) is 0 Å². The number of carbonyl (C=O) groups excluding carboxylic acids is 1. The highest BCUT2D eigenvalue weighted by Gasteiger charge is 2.36. The van der Waals surface area contributed by atoms with Crippen molar-refractivity contribution in [1.82, 2.24) is 5.01 Å². The van der Waals surface area contributed by atoms with Crippen LogP contribution in [0.25, 0.3) is 6.08 Å². The molecular weight excluding hydrogens is 492 g/mol. The van der Waals surface area contributed by atoms with E-state index in [1.165, 1.54) is 16.8 Å². The zero-order chi connectivity index (χ0) is 22.7. The number of thioether (sulfide) groups is 1. The lowest BCUT2D eigenvalue weighted by Gasteiger charge is -2.20. The first-order chi connectivity index (χ1) is 15.4. The number of carbonyl (C=O) groups is 1. The van der Waals surface area contributed by atoms with Crippen molar-refractivity contribution in [2.45, 2.75) is 13.8 Å². The molecule has 2 aliphatic rings. The molecule has 9 heteroatoms. The average Bonchev–Trinajstić information content (AvgIpc) is 3.21. The Balaban J connectivity index is 1.47. The number of hydrazone groups is 1. The second-order valence-corrected chi connectivity index (χ2v) is 9.20. The van der Waals surface area contributed by atoms with E-state index in [1.54, 1.807) is 6.08 Å². The summed E-state index contributed by atoms with van der Waals surface area (Å²) in [4.78, 5) is 16.8. The van der Waals surface area contributed by atoms with Crippen LogP contribution >= 0.6 is 27.7 Å². The van der Waals surface area contributed by atoms with Crippen molar-refractivity contribution in [3.8, 4) is 11.5 Å². The van der Waals surface area contributed by atoms with Gasteiger partial charge in [0, 0.05) is 16.0 Å². The lowest BCUT2D eigenvalue weighted by molar-refractivity contribution is -0.114. The summed E-state index contributed by atoms with van der Waals surface area (Å²) in [6.45, 7) is 4.73. The van der Waals surface area contributed by atoms with E-state index in [2.05, 4.69) is 26.0 Å². The normalized spacial score (nSPS) is 16.9. The molecule has 0 fully saturated rings. The van der Waals surface area contributed by atoms with Gasteiger partial charge < -0.3 is 9.47 Å². The fourth-order valence-electron chi connectivity index (χ4n) is 2.97. The number of aliphatic imine (C=N–C) groups is 1. The van der Waals surface area contributed by atoms with Gasteiger partial charge in [-0.2, -0.15) is 15.1 Å². The summed E-state index contributed by atoms with van der Waals surface area (Å²) in [5, 5.41) is 15.6. The number of benzene rings is 2. The van der Waals surface area contributed by atoms with Crippen molar-refractivity contribution in [3.05, 3.63) is 64.1 Å². The summed E-state index contributed by atoms with van der Waals surface area (Å²) in [5.74, 6) is 1.10. The summed E-state index contributed by atoms with van der Waals surface area (Å²) in [6, 6.07) is 14.9. The minimum Gasteiger partial charge on any atom is -0.490 e. The highest BCUT2D eigenvalue weighted by Crippen LogP contribution is 2.31. The zero-order valence-corrected chi connectivity index (χ0v) is 19.9. The molecule has 0 atom stereocenters. The van der Waals surface area contributed by atoms with Crippen LogP contribution in [0.2, 0.25) is 0 Å². The molecule has 7 nitrogen and oxygen atoms in total. The Hall–Kier alpha value is -2.91. The first-order valence-electron chi connectivity index (χ1n) is 10.0. The van der Waals surface area contributed by atoms with Crippen LogP contribution in [0.4, 0.5) is 0 Å². The van der Waals surface area contributed by atoms with Crippen LogP contribution in [0, 0.1) is 11.3 Å². The van der Waals surface area contributed by atoms with E-state index in [1.807, 2.05) is 62.4 Å². The molecule has 0 saturated heterocycles. The van der Waals surface area contributed by atoms with E-state index in [4.69, 9.17) is 14.9 Å². The third-order valence-corrected chi connectivity index (χ3v) is 6.34. The lowest BCUT2D eigenvalue weighted by Crippen LogP contribution is -2.35. The Bertz CT molecular complexity index is 1140. The number of amides is 1. The summed E-state index contributed by atoms with van der Waals surface area (Å²) < 4.78 is 12.6. The SMILES string of the molecule is CC(C)C1=NN2C(=N)/C(=C/c3ccccc3OCCOc3ccc(Br)cc3)C(=O)N=C2S1. The smallest absolute Gasteiger partial charge is 0.283 e. The van der Waals surface area contributed by atoms with Crippen LogP contribution < -0.4 is 9.47 Å². The molecule has 0 spiro atoms. The molecule has 0 saturated carbocycles. The van der Waals surface area contributed by atoms with Gasteiger partial charge in [0.1, 0.15) is 29.8 Å². The molecule has 0 radical (unpaired) electrons. The predicted octanol–water partition coefficient (Wildman–Crippen LogP) is 5.18. The minimum atomic E-state index is -0.456. The monoisotopic (exact) mass is 512 g/mol. The molecule has 0 unspecified atom stereocenters. The number of rotatable bonds is 7. The summed E-state index contributed by atoms with van der Waals surface area (Å²) in [6.07, 6.45) is 1.63. The van der Waals surface area contributed by atoms with Crippen LogP contribution in [-0.2, 0) is 4.79 Å². The van der Waals surface area contributed by atoms with Gasteiger partial charge in [0.25, 0.3) is 5.91 Å². The van der Waals surface area contributed by atoms with Gasteiger partial charge in [-0.05, 0) is 48.2 Å². The van der Waals surface area contributed by atoms with E-state index in [-0.39, 0.29) is 17.3 Å². The molecule has 1 amide bonds. The number of halogens is 1. The molecule has 1 N–H and O–H groups in total. The molecule has 4 rings (SSSR count).